The highest BCUT2D eigenvalue weighted by Crippen LogP contribution is 2.34. The second-order valence-electron chi connectivity index (χ2n) is 8.09. The summed E-state index contributed by atoms with van der Waals surface area (Å²) in [6.07, 6.45) is 1.26. The standard InChI is InChI=1S/C26H28N2O4S/c1-2-22(26(29)23-11-7-4-8-12-23)17-21-13-14-24(28-16-15-27-33(28,30)31)25(18-21)32-19-20-9-5-3-6-10-20/h3-14,18,22,27H,2,15-17,19H2,1H3. The van der Waals surface area contributed by atoms with Crippen molar-refractivity contribution in [3.63, 3.8) is 0 Å². The van der Waals surface area contributed by atoms with E-state index in [9.17, 15) is 13.2 Å². The number of Topliss-reactive ketones (excluding diaryl/α,β-unsaturated/α-hetero) is 1. The third kappa shape index (κ3) is 5.43. The van der Waals surface area contributed by atoms with Crippen LogP contribution in [0.15, 0.2) is 78.9 Å². The Morgan fingerprint density at radius 3 is 2.33 bits per heavy atom. The molecule has 1 fully saturated rings. The summed E-state index contributed by atoms with van der Waals surface area (Å²) in [5.41, 5.74) is 3.13. The topological polar surface area (TPSA) is 75.7 Å². The highest BCUT2D eigenvalue weighted by Gasteiger charge is 2.30. The summed E-state index contributed by atoms with van der Waals surface area (Å²) in [6, 6.07) is 24.6. The summed E-state index contributed by atoms with van der Waals surface area (Å²) in [6.45, 7) is 3.02. The van der Waals surface area contributed by atoms with Crippen molar-refractivity contribution in [3.05, 3.63) is 95.6 Å². The van der Waals surface area contributed by atoms with Gasteiger partial charge in [0.1, 0.15) is 12.4 Å². The second kappa shape index (κ2) is 10.2. The van der Waals surface area contributed by atoms with Crippen LogP contribution in [0.3, 0.4) is 0 Å². The van der Waals surface area contributed by atoms with E-state index < -0.39 is 10.2 Å². The van der Waals surface area contributed by atoms with Crippen molar-refractivity contribution < 1.29 is 17.9 Å². The average Bonchev–Trinajstić information content (AvgIpc) is 3.20. The zero-order valence-corrected chi connectivity index (χ0v) is 19.4. The maximum atomic E-state index is 13.0. The molecule has 0 amide bonds. The molecule has 1 N–H and O–H groups in total. The molecule has 7 heteroatoms. The molecule has 6 nitrogen and oxygen atoms in total. The van der Waals surface area contributed by atoms with E-state index in [1.165, 1.54) is 4.31 Å². The van der Waals surface area contributed by atoms with Crippen LogP contribution in [0.5, 0.6) is 5.75 Å². The Labute approximate surface area is 195 Å². The van der Waals surface area contributed by atoms with Crippen LogP contribution >= 0.6 is 0 Å². The average molecular weight is 465 g/mol. The van der Waals surface area contributed by atoms with E-state index in [0.717, 1.165) is 11.1 Å². The first-order chi connectivity index (χ1) is 16.0. The number of hydrogen-bond acceptors (Lipinski definition) is 4. The summed E-state index contributed by atoms with van der Waals surface area (Å²) in [5.74, 6) is 0.434. The SMILES string of the molecule is CCC(Cc1ccc(N2CCNS2(=O)=O)c(OCc2ccccc2)c1)C(=O)c1ccccc1. The largest absolute Gasteiger partial charge is 0.487 e. The predicted molar refractivity (Wildman–Crippen MR) is 130 cm³/mol. The molecule has 3 aromatic carbocycles. The summed E-state index contributed by atoms with van der Waals surface area (Å²) >= 11 is 0. The molecular weight excluding hydrogens is 436 g/mol. The Kier molecular flexibility index (Phi) is 7.11. The van der Waals surface area contributed by atoms with Gasteiger partial charge in [0, 0.05) is 24.6 Å². The lowest BCUT2D eigenvalue weighted by molar-refractivity contribution is 0.0916. The number of carbonyl (C=O) groups excluding carboxylic acids is 1. The maximum Gasteiger partial charge on any atom is 0.301 e. The van der Waals surface area contributed by atoms with Gasteiger partial charge in [0.25, 0.3) is 0 Å². The van der Waals surface area contributed by atoms with Crippen LogP contribution in [0.4, 0.5) is 5.69 Å². The zero-order valence-electron chi connectivity index (χ0n) is 18.6. The number of hydrogen-bond donors (Lipinski definition) is 1. The van der Waals surface area contributed by atoms with E-state index in [2.05, 4.69) is 4.72 Å². The van der Waals surface area contributed by atoms with Gasteiger partial charge in [0.2, 0.25) is 0 Å². The summed E-state index contributed by atoms with van der Waals surface area (Å²) in [5, 5.41) is 0. The lowest BCUT2D eigenvalue weighted by atomic mass is 9.89. The van der Waals surface area contributed by atoms with E-state index in [1.54, 1.807) is 6.07 Å². The fourth-order valence-corrected chi connectivity index (χ4v) is 5.26. The van der Waals surface area contributed by atoms with Gasteiger partial charge in [0.05, 0.1) is 5.69 Å². The van der Waals surface area contributed by atoms with E-state index in [-0.39, 0.29) is 11.7 Å². The van der Waals surface area contributed by atoms with Crippen molar-refractivity contribution in [2.45, 2.75) is 26.4 Å². The smallest absolute Gasteiger partial charge is 0.301 e. The van der Waals surface area contributed by atoms with Crippen LogP contribution in [-0.2, 0) is 23.2 Å². The Balaban J connectivity index is 1.61. The molecule has 1 atom stereocenters. The lowest BCUT2D eigenvalue weighted by Gasteiger charge is -2.21. The Morgan fingerprint density at radius 2 is 1.70 bits per heavy atom. The number of anilines is 1. The quantitative estimate of drug-likeness (QED) is 0.477. The molecule has 0 bridgehead atoms. The van der Waals surface area contributed by atoms with Gasteiger partial charge in [-0.2, -0.15) is 13.1 Å². The summed E-state index contributed by atoms with van der Waals surface area (Å²) in [4.78, 5) is 13.0. The maximum absolute atomic E-state index is 13.0. The van der Waals surface area contributed by atoms with Crippen LogP contribution in [0.25, 0.3) is 0 Å². The number of benzene rings is 3. The fourth-order valence-electron chi connectivity index (χ4n) is 4.01. The minimum Gasteiger partial charge on any atom is -0.487 e. The highest BCUT2D eigenvalue weighted by molar-refractivity contribution is 7.91. The van der Waals surface area contributed by atoms with Gasteiger partial charge in [-0.1, -0.05) is 73.7 Å². The molecule has 3 aromatic rings. The van der Waals surface area contributed by atoms with Gasteiger partial charge in [-0.3, -0.25) is 9.10 Å². The lowest BCUT2D eigenvalue weighted by Crippen LogP contribution is -2.29. The van der Waals surface area contributed by atoms with E-state index >= 15 is 0 Å². The van der Waals surface area contributed by atoms with E-state index in [1.807, 2.05) is 79.7 Å². The van der Waals surface area contributed by atoms with Gasteiger partial charge >= 0.3 is 10.2 Å². The summed E-state index contributed by atoms with van der Waals surface area (Å²) in [7, 11) is -3.59. The first-order valence-corrected chi connectivity index (χ1v) is 12.6. The molecule has 1 saturated heterocycles. The fraction of sp³-hybridized carbons (Fsp3) is 0.269. The van der Waals surface area contributed by atoms with E-state index in [4.69, 9.17) is 4.74 Å². The molecule has 0 radical (unpaired) electrons. The van der Waals surface area contributed by atoms with Gasteiger partial charge in [-0.15, -0.1) is 0 Å². The molecule has 33 heavy (non-hydrogen) atoms. The molecular formula is C26H28N2O4S. The summed E-state index contributed by atoms with van der Waals surface area (Å²) < 4.78 is 34.9. The van der Waals surface area contributed by atoms with Gasteiger partial charge in [-0.25, -0.2) is 0 Å². The zero-order chi connectivity index (χ0) is 23.3. The van der Waals surface area contributed by atoms with Crippen LogP contribution in [0.2, 0.25) is 0 Å². The number of nitrogens with zero attached hydrogens (tertiary/aromatic N) is 1. The molecule has 0 saturated carbocycles. The van der Waals surface area contributed by atoms with Gasteiger partial charge in [0.15, 0.2) is 5.78 Å². The number of nitrogens with one attached hydrogen (secondary N) is 1. The van der Waals surface area contributed by atoms with Crippen molar-refractivity contribution in [1.29, 1.82) is 0 Å². The third-order valence-electron chi connectivity index (χ3n) is 5.82. The van der Waals surface area contributed by atoms with Crippen LogP contribution < -0.4 is 13.8 Å². The monoisotopic (exact) mass is 464 g/mol. The van der Waals surface area contributed by atoms with Crippen molar-refractivity contribution in [3.8, 4) is 5.75 Å². The molecule has 172 valence electrons. The molecule has 1 heterocycles. The third-order valence-corrected chi connectivity index (χ3v) is 7.35. The van der Waals surface area contributed by atoms with E-state index in [0.29, 0.717) is 49.5 Å². The first-order valence-electron chi connectivity index (χ1n) is 11.1. The Hall–Kier alpha value is -3.16. The Morgan fingerprint density at radius 1 is 1.00 bits per heavy atom. The van der Waals surface area contributed by atoms with Crippen molar-refractivity contribution >= 4 is 21.7 Å². The van der Waals surface area contributed by atoms with Crippen molar-refractivity contribution in [2.24, 2.45) is 5.92 Å². The minimum atomic E-state index is -3.59. The molecule has 0 spiro atoms. The highest BCUT2D eigenvalue weighted by atomic mass is 32.2. The van der Waals surface area contributed by atoms with Gasteiger partial charge in [-0.05, 0) is 36.1 Å². The van der Waals surface area contributed by atoms with Crippen LogP contribution in [-0.4, -0.2) is 27.3 Å². The van der Waals surface area contributed by atoms with Crippen molar-refractivity contribution in [1.82, 2.24) is 4.72 Å². The Bertz CT molecular complexity index is 1200. The van der Waals surface area contributed by atoms with Crippen LogP contribution in [0.1, 0.15) is 34.8 Å². The number of ether oxygens (including phenoxy) is 1. The number of carbonyl (C=O) groups is 1. The van der Waals surface area contributed by atoms with Crippen molar-refractivity contribution in [2.75, 3.05) is 17.4 Å². The minimum absolute atomic E-state index is 0.111. The first kappa shape index (κ1) is 23.0. The molecule has 1 aliphatic rings. The number of ketones is 1. The molecule has 0 aliphatic carbocycles. The molecule has 0 aromatic heterocycles. The molecule has 1 unspecified atom stereocenters. The predicted octanol–water partition coefficient (Wildman–Crippen LogP) is 4.37. The second-order valence-corrected chi connectivity index (χ2v) is 9.77. The van der Waals surface area contributed by atoms with Crippen LogP contribution in [0, 0.1) is 5.92 Å². The van der Waals surface area contributed by atoms with Gasteiger partial charge < -0.3 is 4.74 Å². The number of rotatable bonds is 9. The normalized spacial score (nSPS) is 15.8. The molecule has 1 aliphatic heterocycles. The molecule has 4 rings (SSSR count).